The number of benzene rings is 1. The van der Waals surface area contributed by atoms with Gasteiger partial charge in [0, 0.05) is 12.8 Å². The quantitative estimate of drug-likeness (QED) is 0.560. The zero-order valence-electron chi connectivity index (χ0n) is 15.1. The van der Waals surface area contributed by atoms with E-state index >= 15 is 0 Å². The number of carbonyl (C=O) groups excluding carboxylic acids is 1. The van der Waals surface area contributed by atoms with Crippen LogP contribution in [0.5, 0.6) is 0 Å². The molecule has 144 valence electrons. The summed E-state index contributed by atoms with van der Waals surface area (Å²) in [6.07, 6.45) is 1.70. The van der Waals surface area contributed by atoms with Crippen molar-refractivity contribution in [2.24, 2.45) is 5.92 Å². The maximum atomic E-state index is 12.2. The highest BCUT2D eigenvalue weighted by Crippen LogP contribution is 2.39. The fraction of sp³-hybridized carbons (Fsp3) is 0.632. The van der Waals surface area contributed by atoms with Crippen LogP contribution in [0, 0.1) is 5.92 Å². The lowest BCUT2D eigenvalue weighted by molar-refractivity contribution is -0.189. The Bertz CT molecular complexity index is 565. The molecule has 0 radical (unpaired) electrons. The van der Waals surface area contributed by atoms with E-state index in [4.69, 9.17) is 18.9 Å². The molecule has 1 spiro atoms. The number of hydrogen-bond acceptors (Lipinski definition) is 7. The van der Waals surface area contributed by atoms with E-state index in [2.05, 4.69) is 5.32 Å². The Morgan fingerprint density at radius 2 is 1.92 bits per heavy atom. The number of nitrogens with one attached hydrogen (secondary N) is 1. The number of aliphatic hydroxyl groups is 1. The van der Waals surface area contributed by atoms with Crippen molar-refractivity contribution in [2.45, 2.75) is 50.5 Å². The normalized spacial score (nSPS) is 22.2. The Hall–Kier alpha value is -1.51. The largest absolute Gasteiger partial charge is 0.468 e. The summed E-state index contributed by atoms with van der Waals surface area (Å²) < 4.78 is 21.8. The summed E-state index contributed by atoms with van der Waals surface area (Å²) in [6.45, 7) is 1.49. The molecule has 0 aromatic heterocycles. The minimum Gasteiger partial charge on any atom is -0.468 e. The number of carbonyl (C=O) groups is 1. The van der Waals surface area contributed by atoms with Crippen LogP contribution in [-0.2, 0) is 30.3 Å². The lowest BCUT2D eigenvalue weighted by Crippen LogP contribution is -2.51. The van der Waals surface area contributed by atoms with E-state index in [1.165, 1.54) is 7.11 Å². The van der Waals surface area contributed by atoms with E-state index in [-0.39, 0.29) is 12.5 Å². The van der Waals surface area contributed by atoms with Crippen LogP contribution in [0.3, 0.4) is 0 Å². The van der Waals surface area contributed by atoms with Crippen molar-refractivity contribution in [3.63, 3.8) is 0 Å². The van der Waals surface area contributed by atoms with Crippen molar-refractivity contribution in [3.8, 4) is 0 Å². The van der Waals surface area contributed by atoms with Crippen molar-refractivity contribution in [3.05, 3.63) is 35.9 Å². The first-order valence-electron chi connectivity index (χ1n) is 9.07. The highest BCUT2D eigenvalue weighted by atomic mass is 16.7. The highest BCUT2D eigenvalue weighted by Gasteiger charge is 2.43. The van der Waals surface area contributed by atoms with Gasteiger partial charge in [-0.2, -0.15) is 0 Å². The molecule has 1 aliphatic carbocycles. The molecule has 0 bridgehead atoms. The van der Waals surface area contributed by atoms with Gasteiger partial charge >= 0.3 is 5.97 Å². The Balaban J connectivity index is 1.53. The number of ether oxygens (including phenoxy) is 4. The second-order valence-electron chi connectivity index (χ2n) is 6.76. The van der Waals surface area contributed by atoms with Crippen LogP contribution in [0.2, 0.25) is 0 Å². The Labute approximate surface area is 153 Å². The molecule has 7 nitrogen and oxygen atoms in total. The molecule has 1 aliphatic heterocycles. The van der Waals surface area contributed by atoms with Crippen molar-refractivity contribution >= 4 is 5.97 Å². The van der Waals surface area contributed by atoms with E-state index in [0.29, 0.717) is 13.2 Å². The van der Waals surface area contributed by atoms with Crippen LogP contribution in [0.4, 0.5) is 0 Å². The average molecular weight is 365 g/mol. The minimum atomic E-state index is -1.26. The molecule has 1 heterocycles. The maximum Gasteiger partial charge on any atom is 0.323 e. The number of aliphatic hydroxyl groups excluding tert-OH is 1. The molecule has 2 fully saturated rings. The lowest BCUT2D eigenvalue weighted by atomic mass is 9.80. The fourth-order valence-corrected chi connectivity index (χ4v) is 3.67. The van der Waals surface area contributed by atoms with E-state index < -0.39 is 24.2 Å². The summed E-state index contributed by atoms with van der Waals surface area (Å²) in [6, 6.07) is 8.91. The van der Waals surface area contributed by atoms with Gasteiger partial charge < -0.3 is 24.1 Å². The van der Waals surface area contributed by atoms with Gasteiger partial charge in [0.05, 0.1) is 26.9 Å². The molecule has 2 aliphatic rings. The molecule has 2 atom stereocenters. The van der Waals surface area contributed by atoms with Crippen molar-refractivity contribution in [1.82, 2.24) is 5.32 Å². The molecular formula is C19H27NO6. The summed E-state index contributed by atoms with van der Waals surface area (Å²) in [5, 5.41) is 13.0. The standard InChI is InChI=1S/C19H27NO6/c1-23-17(21)16(15-7-9-19(10-8-15)25-11-12-26-19)20-18(22)24-13-14-5-3-2-4-6-14/h2-6,15-16,18,20,22H,7-13H2,1H3. The second-order valence-corrected chi connectivity index (χ2v) is 6.76. The first-order chi connectivity index (χ1) is 12.6. The predicted molar refractivity (Wildman–Crippen MR) is 92.8 cm³/mol. The minimum absolute atomic E-state index is 0.0239. The molecule has 7 heteroatoms. The number of hydrogen-bond donors (Lipinski definition) is 2. The van der Waals surface area contributed by atoms with Gasteiger partial charge in [-0.15, -0.1) is 0 Å². The van der Waals surface area contributed by atoms with Gasteiger partial charge in [0.2, 0.25) is 6.41 Å². The zero-order valence-corrected chi connectivity index (χ0v) is 15.1. The van der Waals surface area contributed by atoms with Gasteiger partial charge in [-0.05, 0) is 24.3 Å². The van der Waals surface area contributed by atoms with Crippen LogP contribution in [-0.4, -0.2) is 49.6 Å². The molecule has 1 aromatic rings. The molecule has 2 unspecified atom stereocenters. The Kier molecular flexibility index (Phi) is 6.61. The number of rotatable bonds is 7. The third-order valence-electron chi connectivity index (χ3n) is 5.10. The zero-order chi connectivity index (χ0) is 18.4. The van der Waals surface area contributed by atoms with Gasteiger partial charge in [0.1, 0.15) is 6.04 Å². The van der Waals surface area contributed by atoms with Crippen molar-refractivity contribution < 1.29 is 28.8 Å². The van der Waals surface area contributed by atoms with Crippen LogP contribution in [0.25, 0.3) is 0 Å². The Morgan fingerprint density at radius 1 is 1.27 bits per heavy atom. The van der Waals surface area contributed by atoms with E-state index in [1.807, 2.05) is 30.3 Å². The third-order valence-corrected chi connectivity index (χ3v) is 5.10. The molecule has 2 N–H and O–H groups in total. The molecule has 1 saturated carbocycles. The molecule has 3 rings (SSSR count). The monoisotopic (exact) mass is 365 g/mol. The summed E-state index contributed by atoms with van der Waals surface area (Å²) in [4.78, 5) is 12.2. The van der Waals surface area contributed by atoms with Crippen molar-refractivity contribution in [1.29, 1.82) is 0 Å². The summed E-state index contributed by atoms with van der Waals surface area (Å²) in [7, 11) is 1.35. The Morgan fingerprint density at radius 3 is 2.54 bits per heavy atom. The molecular weight excluding hydrogens is 338 g/mol. The van der Waals surface area contributed by atoms with Gasteiger partial charge in [0.25, 0.3) is 0 Å². The molecule has 1 saturated heterocycles. The lowest BCUT2D eigenvalue weighted by Gasteiger charge is -2.38. The summed E-state index contributed by atoms with van der Waals surface area (Å²) in [5.74, 6) is -0.864. The van der Waals surface area contributed by atoms with Crippen LogP contribution in [0.1, 0.15) is 31.2 Å². The van der Waals surface area contributed by atoms with E-state index in [9.17, 15) is 9.90 Å². The SMILES string of the molecule is COC(=O)C(NC(O)OCc1ccccc1)C1CCC2(CC1)OCCO2. The topological polar surface area (TPSA) is 86.3 Å². The average Bonchev–Trinajstić information content (AvgIpc) is 3.13. The molecule has 1 aromatic carbocycles. The first-order valence-corrected chi connectivity index (χ1v) is 9.07. The smallest absolute Gasteiger partial charge is 0.323 e. The predicted octanol–water partition coefficient (Wildman–Crippen LogP) is 1.54. The van der Waals surface area contributed by atoms with Crippen LogP contribution in [0.15, 0.2) is 30.3 Å². The summed E-state index contributed by atoms with van der Waals surface area (Å²) in [5.41, 5.74) is 0.943. The highest BCUT2D eigenvalue weighted by molar-refractivity contribution is 5.76. The van der Waals surface area contributed by atoms with Gasteiger partial charge in [0.15, 0.2) is 5.79 Å². The van der Waals surface area contributed by atoms with Crippen LogP contribution < -0.4 is 5.32 Å². The second kappa shape index (κ2) is 8.92. The first kappa shape index (κ1) is 19.3. The third kappa shape index (κ3) is 4.81. The summed E-state index contributed by atoms with van der Waals surface area (Å²) >= 11 is 0. The maximum absolute atomic E-state index is 12.2. The molecule has 26 heavy (non-hydrogen) atoms. The fourth-order valence-electron chi connectivity index (χ4n) is 3.67. The van der Waals surface area contributed by atoms with Gasteiger partial charge in [-0.3, -0.25) is 10.1 Å². The van der Waals surface area contributed by atoms with Crippen molar-refractivity contribution in [2.75, 3.05) is 20.3 Å². The van der Waals surface area contributed by atoms with E-state index in [1.54, 1.807) is 0 Å². The number of esters is 1. The number of methoxy groups -OCH3 is 1. The van der Waals surface area contributed by atoms with E-state index in [0.717, 1.165) is 31.2 Å². The van der Waals surface area contributed by atoms with Gasteiger partial charge in [-0.1, -0.05) is 30.3 Å². The van der Waals surface area contributed by atoms with Gasteiger partial charge in [-0.25, -0.2) is 0 Å². The van der Waals surface area contributed by atoms with Crippen LogP contribution >= 0.6 is 0 Å². The molecule has 0 amide bonds.